The highest BCUT2D eigenvalue weighted by Crippen LogP contribution is 2.25. The molecule has 2 aromatic rings. The molecule has 1 heterocycles. The molecule has 0 radical (unpaired) electrons. The Bertz CT molecular complexity index is 620. The molecular weight excluding hydrogens is 298 g/mol. The highest BCUT2D eigenvalue weighted by molar-refractivity contribution is 7.15. The van der Waals surface area contributed by atoms with Gasteiger partial charge in [0.25, 0.3) is 5.91 Å². The summed E-state index contributed by atoms with van der Waals surface area (Å²) in [6.07, 6.45) is 0.230. The number of aromatic nitrogens is 2. The number of ether oxygens (including phenoxy) is 1. The van der Waals surface area contributed by atoms with Crippen molar-refractivity contribution >= 4 is 22.4 Å². The van der Waals surface area contributed by atoms with Crippen LogP contribution in [0.2, 0.25) is 0 Å². The third-order valence-electron chi connectivity index (χ3n) is 2.80. The molecule has 0 aliphatic rings. The molecule has 1 N–H and O–H groups in total. The minimum Gasteiger partial charge on any atom is -0.481 e. The third-order valence-corrected chi connectivity index (χ3v) is 3.64. The molecular formula is C16H21N3O2S. The maximum Gasteiger partial charge on any atom is 0.266 e. The number of hydrogen-bond acceptors (Lipinski definition) is 5. The van der Waals surface area contributed by atoms with Crippen molar-refractivity contribution in [2.24, 2.45) is 5.41 Å². The summed E-state index contributed by atoms with van der Waals surface area (Å²) in [6, 6.07) is 9.26. The summed E-state index contributed by atoms with van der Waals surface area (Å²) >= 11 is 1.40. The number of carbonyl (C=O) groups is 1. The molecule has 1 atom stereocenters. The number of nitrogens with zero attached hydrogens (tertiary/aromatic N) is 2. The van der Waals surface area contributed by atoms with Crippen molar-refractivity contribution in [3.8, 4) is 5.75 Å². The van der Waals surface area contributed by atoms with Crippen LogP contribution in [0.15, 0.2) is 30.3 Å². The van der Waals surface area contributed by atoms with Gasteiger partial charge in [-0.2, -0.15) is 0 Å². The molecule has 1 aromatic heterocycles. The number of carbonyl (C=O) groups excluding carboxylic acids is 1. The average molecular weight is 319 g/mol. The molecule has 22 heavy (non-hydrogen) atoms. The van der Waals surface area contributed by atoms with Gasteiger partial charge in [-0.15, -0.1) is 10.2 Å². The first-order valence-corrected chi connectivity index (χ1v) is 8.00. The van der Waals surface area contributed by atoms with Crippen molar-refractivity contribution < 1.29 is 9.53 Å². The molecule has 1 aromatic carbocycles. The van der Waals surface area contributed by atoms with E-state index in [9.17, 15) is 4.79 Å². The Labute approximate surface area is 134 Å². The molecule has 2 rings (SSSR count). The zero-order valence-corrected chi connectivity index (χ0v) is 14.1. The Kier molecular flexibility index (Phi) is 5.13. The maximum absolute atomic E-state index is 12.1. The molecule has 118 valence electrons. The van der Waals surface area contributed by atoms with E-state index in [0.717, 1.165) is 11.4 Å². The SMILES string of the molecule is C[C@@H](Oc1ccccc1)C(=O)Nc1nnc(CC(C)(C)C)s1. The van der Waals surface area contributed by atoms with E-state index in [-0.39, 0.29) is 11.3 Å². The number of nitrogens with one attached hydrogen (secondary N) is 1. The van der Waals surface area contributed by atoms with Crippen LogP contribution in [0.1, 0.15) is 32.7 Å². The predicted octanol–water partition coefficient (Wildman–Crippen LogP) is 3.53. The van der Waals surface area contributed by atoms with Gasteiger partial charge in [0.1, 0.15) is 10.8 Å². The van der Waals surface area contributed by atoms with Crippen molar-refractivity contribution in [2.45, 2.75) is 40.2 Å². The van der Waals surface area contributed by atoms with Crippen LogP contribution in [0.3, 0.4) is 0 Å². The fourth-order valence-corrected chi connectivity index (χ4v) is 2.84. The zero-order chi connectivity index (χ0) is 16.2. The third kappa shape index (κ3) is 5.11. The molecule has 0 aliphatic heterocycles. The number of para-hydroxylation sites is 1. The number of benzene rings is 1. The van der Waals surface area contributed by atoms with Crippen molar-refractivity contribution in [1.82, 2.24) is 10.2 Å². The Balaban J connectivity index is 1.91. The Hall–Kier alpha value is -1.95. The fraction of sp³-hybridized carbons (Fsp3) is 0.438. The maximum atomic E-state index is 12.1. The lowest BCUT2D eigenvalue weighted by Gasteiger charge is -2.15. The first kappa shape index (κ1) is 16.4. The van der Waals surface area contributed by atoms with Crippen molar-refractivity contribution in [2.75, 3.05) is 5.32 Å². The van der Waals surface area contributed by atoms with Crippen LogP contribution < -0.4 is 10.1 Å². The summed E-state index contributed by atoms with van der Waals surface area (Å²) in [6.45, 7) is 8.13. The molecule has 0 saturated heterocycles. The fourth-order valence-electron chi connectivity index (χ4n) is 1.79. The molecule has 0 saturated carbocycles. The first-order chi connectivity index (χ1) is 10.3. The molecule has 5 nitrogen and oxygen atoms in total. The number of amides is 1. The van der Waals surface area contributed by atoms with Gasteiger partial charge in [0.15, 0.2) is 6.10 Å². The highest BCUT2D eigenvalue weighted by Gasteiger charge is 2.19. The Morgan fingerprint density at radius 3 is 2.59 bits per heavy atom. The van der Waals surface area contributed by atoms with Crippen LogP contribution in [-0.4, -0.2) is 22.2 Å². The van der Waals surface area contributed by atoms with Gasteiger partial charge < -0.3 is 4.74 Å². The van der Waals surface area contributed by atoms with E-state index in [0.29, 0.717) is 10.9 Å². The van der Waals surface area contributed by atoms with Crippen molar-refractivity contribution in [3.63, 3.8) is 0 Å². The largest absolute Gasteiger partial charge is 0.481 e. The van der Waals surface area contributed by atoms with E-state index in [1.807, 2.05) is 30.3 Å². The summed E-state index contributed by atoms with van der Waals surface area (Å²) in [5, 5.41) is 12.3. The monoisotopic (exact) mass is 319 g/mol. The summed E-state index contributed by atoms with van der Waals surface area (Å²) in [5.74, 6) is 0.429. The molecule has 0 aliphatic carbocycles. The van der Waals surface area contributed by atoms with Gasteiger partial charge in [0.05, 0.1) is 0 Å². The van der Waals surface area contributed by atoms with E-state index < -0.39 is 6.10 Å². The minimum absolute atomic E-state index is 0.143. The van der Waals surface area contributed by atoms with Gasteiger partial charge in [-0.25, -0.2) is 0 Å². The average Bonchev–Trinajstić information content (AvgIpc) is 2.84. The van der Waals surface area contributed by atoms with Crippen molar-refractivity contribution in [1.29, 1.82) is 0 Å². The Morgan fingerprint density at radius 1 is 1.27 bits per heavy atom. The standard InChI is InChI=1S/C16H21N3O2S/c1-11(21-12-8-6-5-7-9-12)14(20)17-15-19-18-13(22-15)10-16(2,3)4/h5-9,11H,10H2,1-4H3,(H,17,19,20)/t11-/m1/s1. The quantitative estimate of drug-likeness (QED) is 0.915. The van der Waals surface area contributed by atoms with Crippen LogP contribution in [0.4, 0.5) is 5.13 Å². The molecule has 0 bridgehead atoms. The second-order valence-electron chi connectivity index (χ2n) is 6.30. The molecule has 0 spiro atoms. The lowest BCUT2D eigenvalue weighted by atomic mass is 9.93. The molecule has 6 heteroatoms. The second-order valence-corrected chi connectivity index (χ2v) is 7.36. The van der Waals surface area contributed by atoms with Gasteiger partial charge in [-0.1, -0.05) is 50.3 Å². The van der Waals surface area contributed by atoms with Gasteiger partial charge in [-0.3, -0.25) is 10.1 Å². The van der Waals surface area contributed by atoms with Crippen LogP contribution in [0.25, 0.3) is 0 Å². The highest BCUT2D eigenvalue weighted by atomic mass is 32.1. The van der Waals surface area contributed by atoms with Crippen molar-refractivity contribution in [3.05, 3.63) is 35.3 Å². The van der Waals surface area contributed by atoms with Gasteiger partial charge in [-0.05, 0) is 24.5 Å². The molecule has 1 amide bonds. The summed E-state index contributed by atoms with van der Waals surface area (Å²) in [4.78, 5) is 12.1. The van der Waals surface area contributed by atoms with E-state index in [4.69, 9.17) is 4.74 Å². The summed E-state index contributed by atoms with van der Waals surface area (Å²) in [5.41, 5.74) is 0.143. The van der Waals surface area contributed by atoms with Gasteiger partial charge in [0, 0.05) is 6.42 Å². The molecule has 0 fully saturated rings. The van der Waals surface area contributed by atoms with Crippen LogP contribution >= 0.6 is 11.3 Å². The van der Waals surface area contributed by atoms with E-state index in [1.54, 1.807) is 6.92 Å². The van der Waals surface area contributed by atoms with E-state index >= 15 is 0 Å². The second kappa shape index (κ2) is 6.87. The lowest BCUT2D eigenvalue weighted by molar-refractivity contribution is -0.122. The lowest BCUT2D eigenvalue weighted by Crippen LogP contribution is -2.30. The number of rotatable bonds is 5. The number of anilines is 1. The summed E-state index contributed by atoms with van der Waals surface area (Å²) in [7, 11) is 0. The van der Waals surface area contributed by atoms with E-state index in [2.05, 4.69) is 36.3 Å². The van der Waals surface area contributed by atoms with E-state index in [1.165, 1.54) is 11.3 Å². The van der Waals surface area contributed by atoms with Crippen LogP contribution in [0.5, 0.6) is 5.75 Å². The molecule has 0 unspecified atom stereocenters. The normalized spacial score (nSPS) is 12.7. The first-order valence-electron chi connectivity index (χ1n) is 7.18. The zero-order valence-electron chi connectivity index (χ0n) is 13.3. The topological polar surface area (TPSA) is 64.1 Å². The van der Waals surface area contributed by atoms with Crippen LogP contribution in [-0.2, 0) is 11.2 Å². The smallest absolute Gasteiger partial charge is 0.266 e. The number of hydrogen-bond donors (Lipinski definition) is 1. The predicted molar refractivity (Wildman–Crippen MR) is 88.2 cm³/mol. The van der Waals surface area contributed by atoms with Gasteiger partial charge >= 0.3 is 0 Å². The Morgan fingerprint density at radius 2 is 1.95 bits per heavy atom. The minimum atomic E-state index is -0.600. The van der Waals surface area contributed by atoms with Crippen LogP contribution in [0, 0.1) is 5.41 Å². The summed E-state index contributed by atoms with van der Waals surface area (Å²) < 4.78 is 5.58. The van der Waals surface area contributed by atoms with Gasteiger partial charge in [0.2, 0.25) is 5.13 Å².